The van der Waals surface area contributed by atoms with Gasteiger partial charge in [-0.25, -0.2) is 0 Å². The van der Waals surface area contributed by atoms with Gasteiger partial charge in [0, 0.05) is 5.52 Å². The first-order chi connectivity index (χ1) is 9.97. The summed E-state index contributed by atoms with van der Waals surface area (Å²) in [6.45, 7) is -0.604. The Balaban J connectivity index is 2.05. The van der Waals surface area contributed by atoms with Crippen molar-refractivity contribution in [3.63, 3.8) is 0 Å². The Morgan fingerprint density at radius 3 is 2.52 bits per heavy atom. The normalized spacial score (nSPS) is 37.0. The van der Waals surface area contributed by atoms with Gasteiger partial charge in [0.15, 0.2) is 0 Å². The minimum atomic E-state index is -2.24. The Bertz CT molecular complexity index is 608. The highest BCUT2D eigenvalue weighted by Gasteiger charge is 2.54. The van der Waals surface area contributed by atoms with E-state index in [-0.39, 0.29) is 5.69 Å². The van der Waals surface area contributed by atoms with Crippen molar-refractivity contribution in [2.24, 2.45) is 0 Å². The van der Waals surface area contributed by atoms with E-state index in [0.29, 0.717) is 0 Å². The number of aliphatic hydroxyl groups is 5. The minimum Gasteiger partial charge on any atom is -0.394 e. The molecule has 1 aromatic carbocycles. The molecule has 21 heavy (non-hydrogen) atoms. The average molecular weight is 295 g/mol. The molecule has 0 unspecified atom stereocenters. The number of fused-ring (bicyclic) bond motifs is 1. The second-order valence-electron chi connectivity index (χ2n) is 5.23. The lowest BCUT2D eigenvalue weighted by molar-refractivity contribution is -0.359. The first kappa shape index (κ1) is 14.5. The molecule has 0 bridgehead atoms. The van der Waals surface area contributed by atoms with Crippen LogP contribution in [-0.2, 0) is 10.5 Å². The van der Waals surface area contributed by atoms with E-state index in [4.69, 9.17) is 4.74 Å². The van der Waals surface area contributed by atoms with Gasteiger partial charge in [-0.15, -0.1) is 0 Å². The molecule has 0 aliphatic carbocycles. The summed E-state index contributed by atoms with van der Waals surface area (Å²) in [5.74, 6) is -2.24. The highest BCUT2D eigenvalue weighted by atomic mass is 16.7. The van der Waals surface area contributed by atoms with Crippen molar-refractivity contribution in [3.05, 3.63) is 36.0 Å². The quantitative estimate of drug-likeness (QED) is 0.413. The van der Waals surface area contributed by atoms with E-state index < -0.39 is 36.8 Å². The van der Waals surface area contributed by atoms with Crippen molar-refractivity contribution in [1.29, 1.82) is 0 Å². The van der Waals surface area contributed by atoms with Crippen LogP contribution in [-0.4, -0.2) is 61.5 Å². The molecule has 1 aromatic heterocycles. The van der Waals surface area contributed by atoms with Gasteiger partial charge in [-0.2, -0.15) is 0 Å². The highest BCUT2D eigenvalue weighted by molar-refractivity contribution is 5.80. The van der Waals surface area contributed by atoms with Crippen molar-refractivity contribution in [2.45, 2.75) is 30.2 Å². The third-order valence-corrected chi connectivity index (χ3v) is 3.88. The molecule has 2 heterocycles. The predicted molar refractivity (Wildman–Crippen MR) is 72.2 cm³/mol. The molecular formula is C14H17NO6. The number of para-hydroxylation sites is 1. The fourth-order valence-corrected chi connectivity index (χ4v) is 2.64. The van der Waals surface area contributed by atoms with Crippen LogP contribution in [0.15, 0.2) is 30.3 Å². The molecule has 0 radical (unpaired) electrons. The summed E-state index contributed by atoms with van der Waals surface area (Å²) in [5.41, 5.74) is 0.860. The maximum atomic E-state index is 10.6. The first-order valence-electron chi connectivity index (χ1n) is 6.61. The van der Waals surface area contributed by atoms with E-state index in [2.05, 4.69) is 4.98 Å². The molecule has 7 heteroatoms. The van der Waals surface area contributed by atoms with Gasteiger partial charge in [0.1, 0.15) is 24.4 Å². The number of aliphatic hydroxyl groups excluding tert-OH is 4. The summed E-state index contributed by atoms with van der Waals surface area (Å²) < 4.78 is 5.25. The lowest BCUT2D eigenvalue weighted by Crippen LogP contribution is -2.63. The number of nitrogens with one attached hydrogen (secondary N) is 1. The maximum Gasteiger partial charge on any atom is 0.237 e. The number of ether oxygens (including phenoxy) is 1. The maximum absolute atomic E-state index is 10.6. The van der Waals surface area contributed by atoms with Gasteiger partial charge < -0.3 is 35.3 Å². The topological polar surface area (TPSA) is 126 Å². The molecule has 7 nitrogen and oxygen atoms in total. The van der Waals surface area contributed by atoms with Crippen molar-refractivity contribution in [3.8, 4) is 0 Å². The van der Waals surface area contributed by atoms with Gasteiger partial charge in [0.25, 0.3) is 0 Å². The average Bonchev–Trinajstić information content (AvgIpc) is 2.93. The third kappa shape index (κ3) is 2.15. The standard InChI is InChI=1S/C14H17NO6/c16-6-9-11(17)12(18)13(19)14(20,21-9)10-5-7-3-1-2-4-8(7)15-10/h1-5,9,11-13,15-20H,6H2/t9-,11+,12+,13-,14-/m1/s1. The SMILES string of the molecule is OC[C@H]1O[C@](O)(c2cc3ccccc3[nH]2)[C@H](O)[C@@H](O)[C@H]1O. The predicted octanol–water partition coefficient (Wildman–Crippen LogP) is -1.21. The number of H-pyrrole nitrogens is 1. The number of hydrogen-bond donors (Lipinski definition) is 6. The molecule has 6 N–H and O–H groups in total. The molecule has 2 aromatic rings. The minimum absolute atomic E-state index is 0.139. The second kappa shape index (κ2) is 5.06. The van der Waals surface area contributed by atoms with E-state index in [9.17, 15) is 25.5 Å². The Hall–Kier alpha value is -1.48. The van der Waals surface area contributed by atoms with Crippen LogP contribution in [0.3, 0.4) is 0 Å². The smallest absolute Gasteiger partial charge is 0.237 e. The third-order valence-electron chi connectivity index (χ3n) is 3.88. The lowest BCUT2D eigenvalue weighted by atomic mass is 9.91. The van der Waals surface area contributed by atoms with Crippen LogP contribution in [0.25, 0.3) is 10.9 Å². The van der Waals surface area contributed by atoms with Crippen LogP contribution >= 0.6 is 0 Å². The highest BCUT2D eigenvalue weighted by Crippen LogP contribution is 2.36. The van der Waals surface area contributed by atoms with Crippen LogP contribution in [0, 0.1) is 0 Å². The number of aromatic nitrogens is 1. The van der Waals surface area contributed by atoms with Gasteiger partial charge in [-0.3, -0.25) is 0 Å². The van der Waals surface area contributed by atoms with E-state index >= 15 is 0 Å². The summed E-state index contributed by atoms with van der Waals surface area (Å²) in [4.78, 5) is 2.91. The zero-order chi connectivity index (χ0) is 15.2. The molecule has 1 saturated heterocycles. The van der Waals surface area contributed by atoms with Crippen LogP contribution < -0.4 is 0 Å². The number of benzene rings is 1. The fourth-order valence-electron chi connectivity index (χ4n) is 2.64. The number of aromatic amines is 1. The van der Waals surface area contributed by atoms with Crippen molar-refractivity contribution < 1.29 is 30.3 Å². The zero-order valence-electron chi connectivity index (χ0n) is 11.0. The van der Waals surface area contributed by atoms with Gasteiger partial charge in [0.05, 0.1) is 12.3 Å². The van der Waals surface area contributed by atoms with E-state index in [0.717, 1.165) is 10.9 Å². The molecule has 0 spiro atoms. The van der Waals surface area contributed by atoms with E-state index in [1.54, 1.807) is 18.2 Å². The monoisotopic (exact) mass is 295 g/mol. The molecule has 3 rings (SSSR count). The van der Waals surface area contributed by atoms with Crippen LogP contribution in [0.5, 0.6) is 0 Å². The van der Waals surface area contributed by atoms with Crippen LogP contribution in [0.2, 0.25) is 0 Å². The second-order valence-corrected chi connectivity index (χ2v) is 5.23. The van der Waals surface area contributed by atoms with E-state index in [1.807, 2.05) is 12.1 Å². The molecule has 0 amide bonds. The largest absolute Gasteiger partial charge is 0.394 e. The van der Waals surface area contributed by atoms with Gasteiger partial charge in [-0.05, 0) is 17.5 Å². The van der Waals surface area contributed by atoms with Gasteiger partial charge >= 0.3 is 0 Å². The fraction of sp³-hybridized carbons (Fsp3) is 0.429. The first-order valence-corrected chi connectivity index (χ1v) is 6.61. The van der Waals surface area contributed by atoms with Crippen molar-refractivity contribution in [1.82, 2.24) is 4.98 Å². The summed E-state index contributed by atoms with van der Waals surface area (Å²) in [7, 11) is 0. The van der Waals surface area contributed by atoms with Crippen LogP contribution in [0.4, 0.5) is 0 Å². The number of rotatable bonds is 2. The summed E-state index contributed by atoms with van der Waals surface area (Å²) in [5, 5.41) is 50.2. The van der Waals surface area contributed by atoms with Gasteiger partial charge in [-0.1, -0.05) is 18.2 Å². The lowest BCUT2D eigenvalue weighted by Gasteiger charge is -2.44. The van der Waals surface area contributed by atoms with Crippen molar-refractivity contribution in [2.75, 3.05) is 6.61 Å². The molecular weight excluding hydrogens is 278 g/mol. The number of hydrogen-bond acceptors (Lipinski definition) is 6. The Kier molecular flexibility index (Phi) is 3.48. The molecule has 1 fully saturated rings. The molecule has 0 saturated carbocycles. The summed E-state index contributed by atoms with van der Waals surface area (Å²) in [6.07, 6.45) is -6.11. The van der Waals surface area contributed by atoms with E-state index in [1.165, 1.54) is 0 Å². The molecule has 5 atom stereocenters. The Morgan fingerprint density at radius 2 is 1.86 bits per heavy atom. The van der Waals surface area contributed by atoms with Gasteiger partial charge in [0.2, 0.25) is 5.79 Å². The van der Waals surface area contributed by atoms with Crippen molar-refractivity contribution >= 4 is 10.9 Å². The molecule has 1 aliphatic rings. The zero-order valence-corrected chi connectivity index (χ0v) is 11.0. The van der Waals surface area contributed by atoms with Crippen LogP contribution in [0.1, 0.15) is 5.69 Å². The summed E-state index contributed by atoms with van der Waals surface area (Å²) in [6, 6.07) is 8.80. The summed E-state index contributed by atoms with van der Waals surface area (Å²) >= 11 is 0. The Labute approximate surface area is 120 Å². The Morgan fingerprint density at radius 1 is 1.14 bits per heavy atom. The molecule has 114 valence electrons. The molecule has 1 aliphatic heterocycles.